The Labute approximate surface area is 114 Å². The zero-order chi connectivity index (χ0) is 14.1. The van der Waals surface area contributed by atoms with E-state index in [-0.39, 0.29) is 5.91 Å². The fourth-order valence-electron chi connectivity index (χ4n) is 1.55. The minimum atomic E-state index is -0.0571. The largest absolute Gasteiger partial charge is 0.326 e. The van der Waals surface area contributed by atoms with E-state index in [9.17, 15) is 4.79 Å². The standard InChI is InChI=1S/C16H20N2O/c1-4-14(11-12-17-3)5-6-15-7-9-16(10-8-15)18-13(2)19/h5-12H,4H2,1-3H3,(H,18,19)/b6-5+,14-11+,17-12?. The second kappa shape index (κ2) is 8.03. The Morgan fingerprint density at radius 1 is 1.32 bits per heavy atom. The maximum absolute atomic E-state index is 10.9. The molecule has 0 saturated heterocycles. The number of carbonyl (C=O) groups excluding carboxylic acids is 1. The van der Waals surface area contributed by atoms with Crippen molar-refractivity contribution in [3.63, 3.8) is 0 Å². The van der Waals surface area contributed by atoms with Crippen LogP contribution in [-0.2, 0) is 4.79 Å². The van der Waals surface area contributed by atoms with E-state index in [1.165, 1.54) is 12.5 Å². The summed E-state index contributed by atoms with van der Waals surface area (Å²) in [5, 5.41) is 2.74. The van der Waals surface area contributed by atoms with E-state index in [2.05, 4.69) is 29.4 Å². The number of hydrogen-bond acceptors (Lipinski definition) is 2. The van der Waals surface area contributed by atoms with Crippen LogP contribution in [0, 0.1) is 0 Å². The molecule has 0 aliphatic carbocycles. The maximum atomic E-state index is 10.9. The second-order valence-electron chi connectivity index (χ2n) is 4.14. The second-order valence-corrected chi connectivity index (χ2v) is 4.14. The number of rotatable bonds is 5. The van der Waals surface area contributed by atoms with E-state index in [4.69, 9.17) is 0 Å². The highest BCUT2D eigenvalue weighted by Crippen LogP contribution is 2.12. The van der Waals surface area contributed by atoms with Gasteiger partial charge in [0, 0.05) is 25.9 Å². The van der Waals surface area contributed by atoms with Crippen LogP contribution in [0.2, 0.25) is 0 Å². The fourth-order valence-corrected chi connectivity index (χ4v) is 1.55. The molecule has 0 saturated carbocycles. The average molecular weight is 256 g/mol. The van der Waals surface area contributed by atoms with E-state index in [1.807, 2.05) is 30.3 Å². The van der Waals surface area contributed by atoms with Gasteiger partial charge in [0.1, 0.15) is 0 Å². The molecule has 1 amide bonds. The molecular weight excluding hydrogens is 236 g/mol. The van der Waals surface area contributed by atoms with Gasteiger partial charge in [-0.15, -0.1) is 0 Å². The van der Waals surface area contributed by atoms with Gasteiger partial charge in [0.2, 0.25) is 5.91 Å². The molecule has 0 heterocycles. The lowest BCUT2D eigenvalue weighted by Crippen LogP contribution is -2.05. The summed E-state index contributed by atoms with van der Waals surface area (Å²) in [7, 11) is 1.76. The number of anilines is 1. The topological polar surface area (TPSA) is 41.5 Å². The number of allylic oxidation sites excluding steroid dienone is 3. The number of nitrogens with zero attached hydrogens (tertiary/aromatic N) is 1. The van der Waals surface area contributed by atoms with Gasteiger partial charge in [-0.3, -0.25) is 9.79 Å². The third kappa shape index (κ3) is 5.82. The summed E-state index contributed by atoms with van der Waals surface area (Å²) in [5.74, 6) is -0.0571. The molecule has 0 aliphatic rings. The summed E-state index contributed by atoms with van der Waals surface area (Å²) in [6, 6.07) is 7.74. The van der Waals surface area contributed by atoms with E-state index >= 15 is 0 Å². The van der Waals surface area contributed by atoms with Crippen LogP contribution in [0.25, 0.3) is 6.08 Å². The van der Waals surface area contributed by atoms with Gasteiger partial charge < -0.3 is 5.32 Å². The number of benzene rings is 1. The van der Waals surface area contributed by atoms with Crippen LogP contribution in [0.4, 0.5) is 5.69 Å². The lowest BCUT2D eigenvalue weighted by molar-refractivity contribution is -0.114. The molecule has 0 bridgehead atoms. The zero-order valence-electron chi connectivity index (χ0n) is 11.7. The first-order chi connectivity index (χ1) is 9.15. The van der Waals surface area contributed by atoms with Crippen LogP contribution in [0.1, 0.15) is 25.8 Å². The number of nitrogens with one attached hydrogen (secondary N) is 1. The molecule has 0 aromatic heterocycles. The van der Waals surface area contributed by atoms with Crippen LogP contribution in [0.5, 0.6) is 0 Å². The van der Waals surface area contributed by atoms with E-state index in [1.54, 1.807) is 13.3 Å². The highest BCUT2D eigenvalue weighted by molar-refractivity contribution is 5.88. The number of aliphatic imine (C=N–C) groups is 1. The molecule has 100 valence electrons. The summed E-state index contributed by atoms with van der Waals surface area (Å²) >= 11 is 0. The minimum absolute atomic E-state index is 0.0571. The van der Waals surface area contributed by atoms with Gasteiger partial charge >= 0.3 is 0 Å². The van der Waals surface area contributed by atoms with Crippen molar-refractivity contribution in [2.45, 2.75) is 20.3 Å². The quantitative estimate of drug-likeness (QED) is 0.633. The van der Waals surface area contributed by atoms with Crippen molar-refractivity contribution in [3.05, 3.63) is 47.6 Å². The Balaban J connectivity index is 2.73. The third-order valence-electron chi connectivity index (χ3n) is 2.57. The van der Waals surface area contributed by atoms with E-state index < -0.39 is 0 Å². The van der Waals surface area contributed by atoms with E-state index in [0.29, 0.717) is 0 Å². The summed E-state index contributed by atoms with van der Waals surface area (Å²) in [6.07, 6.45) is 8.89. The van der Waals surface area contributed by atoms with Crippen molar-refractivity contribution in [2.75, 3.05) is 12.4 Å². The number of hydrogen-bond donors (Lipinski definition) is 1. The number of amides is 1. The molecule has 1 aromatic rings. The SMILES string of the molecule is CCC(/C=C/c1ccc(NC(C)=O)cc1)=C\C=NC. The first kappa shape index (κ1) is 14.9. The van der Waals surface area contributed by atoms with Crippen molar-refractivity contribution in [2.24, 2.45) is 4.99 Å². The molecular formula is C16H20N2O. The number of carbonyl (C=O) groups is 1. The Morgan fingerprint density at radius 3 is 2.53 bits per heavy atom. The molecule has 0 aliphatic heterocycles. The van der Waals surface area contributed by atoms with Gasteiger partial charge in [-0.25, -0.2) is 0 Å². The molecule has 0 radical (unpaired) electrons. The highest BCUT2D eigenvalue weighted by Gasteiger charge is 1.94. The Morgan fingerprint density at radius 2 is 2.00 bits per heavy atom. The molecule has 1 rings (SSSR count). The van der Waals surface area contributed by atoms with Crippen molar-refractivity contribution in [1.82, 2.24) is 0 Å². The lowest BCUT2D eigenvalue weighted by atomic mass is 10.1. The summed E-state index contributed by atoms with van der Waals surface area (Å²) in [4.78, 5) is 14.8. The van der Waals surface area contributed by atoms with Gasteiger partial charge in [0.05, 0.1) is 0 Å². The first-order valence-corrected chi connectivity index (χ1v) is 6.32. The van der Waals surface area contributed by atoms with Crippen LogP contribution >= 0.6 is 0 Å². The molecule has 0 atom stereocenters. The van der Waals surface area contributed by atoms with Crippen LogP contribution < -0.4 is 5.32 Å². The molecule has 1 N–H and O–H groups in total. The molecule has 0 spiro atoms. The predicted molar refractivity (Wildman–Crippen MR) is 82.6 cm³/mol. The normalized spacial score (nSPS) is 12.3. The zero-order valence-corrected chi connectivity index (χ0v) is 11.7. The molecule has 3 nitrogen and oxygen atoms in total. The van der Waals surface area contributed by atoms with Gasteiger partial charge in [0.15, 0.2) is 0 Å². The van der Waals surface area contributed by atoms with Crippen LogP contribution in [-0.4, -0.2) is 19.2 Å². The summed E-state index contributed by atoms with van der Waals surface area (Å²) < 4.78 is 0. The van der Waals surface area contributed by atoms with Crippen molar-refractivity contribution < 1.29 is 4.79 Å². The average Bonchev–Trinajstić information content (AvgIpc) is 2.40. The fraction of sp³-hybridized carbons (Fsp3) is 0.250. The van der Waals surface area contributed by atoms with E-state index in [0.717, 1.165) is 17.7 Å². The molecule has 0 fully saturated rings. The lowest BCUT2D eigenvalue weighted by Gasteiger charge is -2.02. The van der Waals surface area contributed by atoms with Crippen LogP contribution in [0.3, 0.4) is 0 Å². The van der Waals surface area contributed by atoms with Crippen LogP contribution in [0.15, 0.2) is 47.0 Å². The van der Waals surface area contributed by atoms with Crippen molar-refractivity contribution in [1.29, 1.82) is 0 Å². The van der Waals surface area contributed by atoms with Crippen molar-refractivity contribution in [3.8, 4) is 0 Å². The Hall–Kier alpha value is -2.16. The molecule has 0 unspecified atom stereocenters. The minimum Gasteiger partial charge on any atom is -0.326 e. The summed E-state index contributed by atoms with van der Waals surface area (Å²) in [6.45, 7) is 3.61. The first-order valence-electron chi connectivity index (χ1n) is 6.32. The molecule has 19 heavy (non-hydrogen) atoms. The highest BCUT2D eigenvalue weighted by atomic mass is 16.1. The van der Waals surface area contributed by atoms with Gasteiger partial charge in [-0.05, 0) is 35.8 Å². The Bertz CT molecular complexity index is 496. The van der Waals surface area contributed by atoms with Crippen molar-refractivity contribution >= 4 is 23.9 Å². The van der Waals surface area contributed by atoms with Gasteiger partial charge in [-0.2, -0.15) is 0 Å². The predicted octanol–water partition coefficient (Wildman–Crippen LogP) is 3.70. The third-order valence-corrected chi connectivity index (χ3v) is 2.57. The molecule has 3 heteroatoms. The Kier molecular flexibility index (Phi) is 6.30. The van der Waals surface area contributed by atoms with Gasteiger partial charge in [-0.1, -0.05) is 31.2 Å². The van der Waals surface area contributed by atoms with Gasteiger partial charge in [0.25, 0.3) is 0 Å². The monoisotopic (exact) mass is 256 g/mol. The summed E-state index contributed by atoms with van der Waals surface area (Å²) in [5.41, 5.74) is 3.13. The maximum Gasteiger partial charge on any atom is 0.221 e. The molecule has 1 aromatic carbocycles. The smallest absolute Gasteiger partial charge is 0.221 e.